The summed E-state index contributed by atoms with van der Waals surface area (Å²) < 4.78 is 90.5. The van der Waals surface area contributed by atoms with Gasteiger partial charge < -0.3 is 46.0 Å². The molecule has 5 aromatic carbocycles. The molecular formula is C37H22ClN3O24S3. The number of carboxylic acid groups (broad SMARTS) is 9. The second-order valence-corrected chi connectivity index (χ2v) is 18.7. The zero-order valence-electron chi connectivity index (χ0n) is 32.5. The summed E-state index contributed by atoms with van der Waals surface area (Å²) in [6.07, 6.45) is 0. The Bertz CT molecular complexity index is 3450. The Morgan fingerprint density at radius 1 is 0.368 bits per heavy atom. The van der Waals surface area contributed by atoms with E-state index < -0.39 is 181 Å². The highest BCUT2D eigenvalue weighted by Gasteiger charge is 2.33. The highest BCUT2D eigenvalue weighted by Crippen LogP contribution is 2.39. The first-order valence-electron chi connectivity index (χ1n) is 17.3. The van der Waals surface area contributed by atoms with Crippen molar-refractivity contribution in [2.24, 2.45) is 0 Å². The number of benzene rings is 5. The molecule has 0 aliphatic heterocycles. The predicted octanol–water partition coefficient (Wildman–Crippen LogP) is 3.18. The van der Waals surface area contributed by atoms with Crippen LogP contribution in [0.5, 0.6) is 0 Å². The molecule has 31 heteroatoms. The maximum Gasteiger partial charge on any atom is 0.337 e. The van der Waals surface area contributed by atoms with Crippen molar-refractivity contribution in [1.82, 2.24) is 0 Å². The van der Waals surface area contributed by atoms with Crippen LogP contribution in [-0.4, -0.2) is 125 Å². The van der Waals surface area contributed by atoms with Crippen molar-refractivity contribution in [2.45, 2.75) is 14.7 Å². The SMILES string of the molecule is O=C(O)c1cc(NS(=O)(=O)c2cc(S(=O)(=O)Nc3cc(C(=O)O)c(C(=O)O)c(C(=O)O)c3)c3c(Cl)ccc(S(=O)(=O)Nc4cc(C(=O)O)c(C(=O)O)c(C(=O)O)c4)c3c2)cc(C(=O)O)c1C(=O)O. The van der Waals surface area contributed by atoms with E-state index in [-0.39, 0.29) is 6.07 Å². The van der Waals surface area contributed by atoms with Crippen molar-refractivity contribution in [3.8, 4) is 0 Å². The van der Waals surface area contributed by atoms with Gasteiger partial charge in [0.2, 0.25) is 0 Å². The summed E-state index contributed by atoms with van der Waals surface area (Å²) in [7, 11) is -16.6. The van der Waals surface area contributed by atoms with Crippen LogP contribution in [0.2, 0.25) is 5.02 Å². The van der Waals surface area contributed by atoms with Gasteiger partial charge in [0.05, 0.1) is 81.8 Å². The molecule has 0 amide bonds. The molecule has 0 radical (unpaired) electrons. The van der Waals surface area contributed by atoms with Crippen LogP contribution in [0.25, 0.3) is 10.8 Å². The van der Waals surface area contributed by atoms with Crippen LogP contribution in [0.4, 0.5) is 17.1 Å². The lowest BCUT2D eigenvalue weighted by Crippen LogP contribution is -2.21. The summed E-state index contributed by atoms with van der Waals surface area (Å²) in [6.45, 7) is 0. The van der Waals surface area contributed by atoms with E-state index in [9.17, 15) is 114 Å². The van der Waals surface area contributed by atoms with E-state index in [2.05, 4.69) is 0 Å². The molecule has 0 fully saturated rings. The molecule has 27 nitrogen and oxygen atoms in total. The molecule has 5 aromatic rings. The van der Waals surface area contributed by atoms with E-state index in [0.717, 1.165) is 0 Å². The number of halogens is 1. The number of aromatic carboxylic acids is 9. The smallest absolute Gasteiger partial charge is 0.337 e. The Hall–Kier alpha value is -8.87. The topological polar surface area (TPSA) is 474 Å². The molecular weight excluding hydrogens is 1000 g/mol. The largest absolute Gasteiger partial charge is 0.478 e. The maximum atomic E-state index is 14.4. The average molecular weight is 1020 g/mol. The number of hydrogen-bond donors (Lipinski definition) is 12. The van der Waals surface area contributed by atoms with Gasteiger partial charge in [0.15, 0.2) is 0 Å². The molecule has 0 bridgehead atoms. The summed E-state index contributed by atoms with van der Waals surface area (Å²) in [5.41, 5.74) is -14.7. The minimum Gasteiger partial charge on any atom is -0.478 e. The number of fused-ring (bicyclic) bond motifs is 1. The maximum absolute atomic E-state index is 14.4. The van der Waals surface area contributed by atoms with Crippen LogP contribution in [0, 0.1) is 0 Å². The number of carbonyl (C=O) groups is 9. The molecule has 0 atom stereocenters. The Morgan fingerprint density at radius 3 is 0.926 bits per heavy atom. The first-order valence-corrected chi connectivity index (χ1v) is 22.1. The monoisotopic (exact) mass is 1020 g/mol. The lowest BCUT2D eigenvalue weighted by atomic mass is 10.00. The third-order valence-electron chi connectivity index (χ3n) is 9.05. The van der Waals surface area contributed by atoms with Crippen LogP contribution < -0.4 is 14.2 Å². The van der Waals surface area contributed by atoms with Gasteiger partial charge >= 0.3 is 53.7 Å². The summed E-state index contributed by atoms with van der Waals surface area (Å²) in [5, 5.41) is 83.9. The van der Waals surface area contributed by atoms with Crippen LogP contribution >= 0.6 is 11.6 Å². The predicted molar refractivity (Wildman–Crippen MR) is 223 cm³/mol. The van der Waals surface area contributed by atoms with Gasteiger partial charge in [0.1, 0.15) is 0 Å². The fourth-order valence-electron chi connectivity index (χ4n) is 6.39. The molecule has 0 aliphatic carbocycles. The molecule has 0 unspecified atom stereocenters. The van der Waals surface area contributed by atoms with Crippen LogP contribution in [0.1, 0.15) is 93.2 Å². The average Bonchev–Trinajstić information content (AvgIpc) is 3.21. The minimum absolute atomic E-state index is 0.231. The zero-order valence-corrected chi connectivity index (χ0v) is 35.7. The summed E-state index contributed by atoms with van der Waals surface area (Å²) in [5.74, 6) is -18.8. The Labute approximate surface area is 380 Å². The fourth-order valence-corrected chi connectivity index (χ4v) is 10.4. The van der Waals surface area contributed by atoms with E-state index >= 15 is 0 Å². The first kappa shape index (κ1) is 50.1. The van der Waals surface area contributed by atoms with Crippen molar-refractivity contribution in [3.05, 3.63) is 116 Å². The van der Waals surface area contributed by atoms with Crippen LogP contribution in [-0.2, 0) is 30.1 Å². The second kappa shape index (κ2) is 17.8. The Morgan fingerprint density at radius 2 is 0.647 bits per heavy atom. The van der Waals surface area contributed by atoms with Crippen molar-refractivity contribution in [2.75, 3.05) is 14.2 Å². The summed E-state index contributed by atoms with van der Waals surface area (Å²) >= 11 is 6.39. The number of sulfonamides is 3. The van der Waals surface area contributed by atoms with Crippen molar-refractivity contribution < 1.29 is 114 Å². The second-order valence-electron chi connectivity index (χ2n) is 13.3. The number of carboxylic acids is 9. The van der Waals surface area contributed by atoms with Crippen LogP contribution in [0.15, 0.2) is 75.4 Å². The van der Waals surface area contributed by atoms with Crippen molar-refractivity contribution in [3.63, 3.8) is 0 Å². The molecule has 5 rings (SSSR count). The third-order valence-corrected chi connectivity index (χ3v) is 13.6. The summed E-state index contributed by atoms with van der Waals surface area (Å²) in [4.78, 5) is 104. The van der Waals surface area contributed by atoms with Gasteiger partial charge in [-0.1, -0.05) is 11.6 Å². The van der Waals surface area contributed by atoms with Gasteiger partial charge in [0.25, 0.3) is 30.1 Å². The molecule has 0 spiro atoms. The van der Waals surface area contributed by atoms with Crippen LogP contribution in [0.3, 0.4) is 0 Å². The van der Waals surface area contributed by atoms with Gasteiger partial charge in [-0.15, -0.1) is 0 Å². The molecule has 68 heavy (non-hydrogen) atoms. The van der Waals surface area contributed by atoms with E-state index in [1.165, 1.54) is 0 Å². The highest BCUT2D eigenvalue weighted by atomic mass is 35.5. The lowest BCUT2D eigenvalue weighted by Gasteiger charge is -2.18. The molecule has 0 aromatic heterocycles. The molecule has 12 N–H and O–H groups in total. The fraction of sp³-hybridized carbons (Fsp3) is 0. The molecule has 0 saturated carbocycles. The van der Waals surface area contributed by atoms with E-state index in [0.29, 0.717) is 54.6 Å². The lowest BCUT2D eigenvalue weighted by molar-refractivity contribution is 0.0632. The zero-order chi connectivity index (χ0) is 51.3. The van der Waals surface area contributed by atoms with Crippen molar-refractivity contribution >= 4 is 123 Å². The first-order chi connectivity index (χ1) is 31.3. The van der Waals surface area contributed by atoms with Gasteiger partial charge in [-0.3, -0.25) is 14.2 Å². The number of nitrogens with one attached hydrogen (secondary N) is 3. The van der Waals surface area contributed by atoms with Gasteiger partial charge in [-0.05, 0) is 60.7 Å². The van der Waals surface area contributed by atoms with Gasteiger partial charge in [-0.2, -0.15) is 0 Å². The molecule has 0 heterocycles. The normalized spacial score (nSPS) is 11.5. The Balaban J connectivity index is 1.87. The van der Waals surface area contributed by atoms with Gasteiger partial charge in [-0.25, -0.2) is 68.4 Å². The van der Waals surface area contributed by atoms with Crippen molar-refractivity contribution in [1.29, 1.82) is 0 Å². The summed E-state index contributed by atoms with van der Waals surface area (Å²) in [6, 6.07) is 3.97. The van der Waals surface area contributed by atoms with Gasteiger partial charge in [0, 0.05) is 15.8 Å². The Kier molecular flexibility index (Phi) is 13.2. The van der Waals surface area contributed by atoms with E-state index in [1.807, 2.05) is 0 Å². The highest BCUT2D eigenvalue weighted by molar-refractivity contribution is 7.94. The minimum atomic E-state index is -5.63. The van der Waals surface area contributed by atoms with E-state index in [1.54, 1.807) is 14.2 Å². The molecule has 0 saturated heterocycles. The number of hydrogen-bond acceptors (Lipinski definition) is 15. The number of rotatable bonds is 18. The standard InChI is InChI=1S/C37H22ClN3O24S3/c38-22-1-2-23(67(62,63)40-12-5-18(31(46)47)26(36(56)57)19(6-12)32(48)49)15-9-14(66(60,61)39-11-3-16(29(42)43)25(35(54)55)17(4-11)30(44)45)10-24(28(15)22)68(64,65)41-13-7-20(33(50)51)27(37(58)59)21(8-13)34(52)53/h1-10,39-41H,(H,42,43)(H,44,45)(H,46,47)(H,48,49)(H,50,51)(H,52,53)(H,54,55)(H,56,57)(H,58,59). The molecule has 0 aliphatic rings. The third kappa shape index (κ3) is 9.57. The molecule has 354 valence electrons. The van der Waals surface area contributed by atoms with E-state index in [4.69, 9.17) is 11.6 Å². The quantitative estimate of drug-likeness (QED) is 0.0599. The number of anilines is 3.